The SMILES string of the molecule is CCOc1cc(/C=C2\Sc3ccccc3C2=O)cc(I)c1O. The lowest BCUT2D eigenvalue weighted by molar-refractivity contribution is 0.104. The van der Waals surface area contributed by atoms with Gasteiger partial charge in [-0.3, -0.25) is 4.79 Å². The number of aromatic hydroxyl groups is 1. The van der Waals surface area contributed by atoms with E-state index >= 15 is 0 Å². The van der Waals surface area contributed by atoms with E-state index < -0.39 is 0 Å². The summed E-state index contributed by atoms with van der Waals surface area (Å²) < 4.78 is 6.13. The van der Waals surface area contributed by atoms with Crippen LogP contribution in [0.3, 0.4) is 0 Å². The first-order chi connectivity index (χ1) is 10.6. The maximum Gasteiger partial charge on any atom is 0.200 e. The van der Waals surface area contributed by atoms with Crippen LogP contribution in [-0.2, 0) is 0 Å². The zero-order valence-electron chi connectivity index (χ0n) is 11.8. The number of rotatable bonds is 3. The standard InChI is InChI=1S/C17H13IO3S/c1-2-21-13-8-10(7-12(18)17(13)20)9-15-16(19)11-5-3-4-6-14(11)22-15/h3-9,20H,2H2,1H3/b15-9-. The minimum Gasteiger partial charge on any atom is -0.504 e. The third-order valence-corrected chi connectivity index (χ3v) is 5.15. The zero-order chi connectivity index (χ0) is 15.7. The van der Waals surface area contributed by atoms with E-state index in [2.05, 4.69) is 22.6 Å². The summed E-state index contributed by atoms with van der Waals surface area (Å²) in [4.78, 5) is 14.1. The normalized spacial score (nSPS) is 15.2. The Hall–Kier alpha value is -1.47. The quantitative estimate of drug-likeness (QED) is 0.572. The number of ketones is 1. The van der Waals surface area contributed by atoms with Crippen LogP contribution in [0.4, 0.5) is 0 Å². The largest absolute Gasteiger partial charge is 0.504 e. The summed E-state index contributed by atoms with van der Waals surface area (Å²) in [6.45, 7) is 2.34. The fourth-order valence-electron chi connectivity index (χ4n) is 2.23. The van der Waals surface area contributed by atoms with Gasteiger partial charge in [0.15, 0.2) is 11.5 Å². The van der Waals surface area contributed by atoms with E-state index in [0.29, 0.717) is 20.8 Å². The van der Waals surface area contributed by atoms with Crippen molar-refractivity contribution in [1.29, 1.82) is 0 Å². The van der Waals surface area contributed by atoms with Gasteiger partial charge < -0.3 is 9.84 Å². The number of benzene rings is 2. The second kappa shape index (κ2) is 6.34. The smallest absolute Gasteiger partial charge is 0.200 e. The highest BCUT2D eigenvalue weighted by Gasteiger charge is 2.25. The highest BCUT2D eigenvalue weighted by Crippen LogP contribution is 2.41. The predicted molar refractivity (Wildman–Crippen MR) is 96.6 cm³/mol. The number of carbonyl (C=O) groups is 1. The number of hydrogen-bond donors (Lipinski definition) is 1. The lowest BCUT2D eigenvalue weighted by atomic mass is 10.1. The molecule has 0 radical (unpaired) electrons. The lowest BCUT2D eigenvalue weighted by Gasteiger charge is -2.09. The Morgan fingerprint density at radius 2 is 2.09 bits per heavy atom. The molecule has 3 nitrogen and oxygen atoms in total. The van der Waals surface area contributed by atoms with Crippen molar-refractivity contribution in [3.63, 3.8) is 0 Å². The van der Waals surface area contributed by atoms with Crippen molar-refractivity contribution >= 4 is 46.2 Å². The molecule has 0 amide bonds. The average Bonchev–Trinajstić information content (AvgIpc) is 2.81. The molecular formula is C17H13IO3S. The second-order valence-electron chi connectivity index (χ2n) is 4.72. The molecule has 2 aromatic carbocycles. The molecule has 1 N–H and O–H groups in total. The molecule has 2 aromatic rings. The van der Waals surface area contributed by atoms with Crippen LogP contribution in [0.15, 0.2) is 46.2 Å². The van der Waals surface area contributed by atoms with Crippen molar-refractivity contribution in [3.05, 3.63) is 56.0 Å². The van der Waals surface area contributed by atoms with E-state index in [1.54, 1.807) is 6.07 Å². The Kier molecular flexibility index (Phi) is 4.44. The molecule has 1 heterocycles. The molecule has 1 aliphatic heterocycles. The fraction of sp³-hybridized carbons (Fsp3) is 0.118. The molecule has 0 saturated carbocycles. The molecule has 0 bridgehead atoms. The van der Waals surface area contributed by atoms with Crippen molar-refractivity contribution in [2.75, 3.05) is 6.61 Å². The minimum atomic E-state index is 0.0432. The number of fused-ring (bicyclic) bond motifs is 1. The van der Waals surface area contributed by atoms with E-state index in [1.807, 2.05) is 43.3 Å². The Morgan fingerprint density at radius 3 is 2.82 bits per heavy atom. The first-order valence-corrected chi connectivity index (χ1v) is 8.68. The summed E-state index contributed by atoms with van der Waals surface area (Å²) >= 11 is 3.53. The van der Waals surface area contributed by atoms with Crippen LogP contribution in [-0.4, -0.2) is 17.5 Å². The molecule has 0 spiro atoms. The summed E-state index contributed by atoms with van der Waals surface area (Å²) in [5, 5.41) is 9.98. The van der Waals surface area contributed by atoms with Crippen molar-refractivity contribution in [3.8, 4) is 11.5 Å². The van der Waals surface area contributed by atoms with Crippen molar-refractivity contribution in [2.45, 2.75) is 11.8 Å². The molecule has 3 rings (SSSR count). The van der Waals surface area contributed by atoms with Crippen LogP contribution in [0.5, 0.6) is 11.5 Å². The number of phenolic OH excluding ortho intramolecular Hbond substituents is 1. The summed E-state index contributed by atoms with van der Waals surface area (Å²) in [6, 6.07) is 11.2. The third kappa shape index (κ3) is 2.87. The van der Waals surface area contributed by atoms with Crippen LogP contribution in [0.25, 0.3) is 6.08 Å². The highest BCUT2D eigenvalue weighted by atomic mass is 127. The lowest BCUT2D eigenvalue weighted by Crippen LogP contribution is -1.95. The average molecular weight is 424 g/mol. The Balaban J connectivity index is 1.99. The van der Waals surface area contributed by atoms with Gasteiger partial charge in [-0.05, 0) is 65.4 Å². The molecule has 0 aromatic heterocycles. The van der Waals surface area contributed by atoms with Gasteiger partial charge in [0, 0.05) is 10.5 Å². The van der Waals surface area contributed by atoms with Gasteiger partial charge in [-0.2, -0.15) is 0 Å². The van der Waals surface area contributed by atoms with E-state index in [-0.39, 0.29) is 11.5 Å². The summed E-state index contributed by atoms with van der Waals surface area (Å²) in [7, 11) is 0. The molecule has 0 fully saturated rings. The number of thioether (sulfide) groups is 1. The molecule has 0 unspecified atom stereocenters. The Labute approximate surface area is 146 Å². The summed E-state index contributed by atoms with van der Waals surface area (Å²) in [5.41, 5.74) is 1.59. The van der Waals surface area contributed by atoms with Gasteiger partial charge in [-0.1, -0.05) is 23.9 Å². The number of ether oxygens (including phenoxy) is 1. The third-order valence-electron chi connectivity index (χ3n) is 3.22. The molecule has 1 aliphatic rings. The van der Waals surface area contributed by atoms with Crippen molar-refractivity contribution in [2.24, 2.45) is 0 Å². The number of hydrogen-bond acceptors (Lipinski definition) is 4. The van der Waals surface area contributed by atoms with Crippen LogP contribution in [0, 0.1) is 3.57 Å². The predicted octanol–water partition coefficient (Wildman–Crippen LogP) is 4.73. The van der Waals surface area contributed by atoms with E-state index in [1.165, 1.54) is 11.8 Å². The van der Waals surface area contributed by atoms with Gasteiger partial charge >= 0.3 is 0 Å². The van der Waals surface area contributed by atoms with Crippen LogP contribution < -0.4 is 4.74 Å². The number of carbonyl (C=O) groups excluding carboxylic acids is 1. The monoisotopic (exact) mass is 424 g/mol. The number of phenols is 1. The maximum absolute atomic E-state index is 12.4. The molecule has 0 aliphatic carbocycles. The molecule has 5 heteroatoms. The Morgan fingerprint density at radius 1 is 1.32 bits per heavy atom. The molecular weight excluding hydrogens is 411 g/mol. The van der Waals surface area contributed by atoms with Crippen molar-refractivity contribution in [1.82, 2.24) is 0 Å². The van der Waals surface area contributed by atoms with Crippen molar-refractivity contribution < 1.29 is 14.6 Å². The number of allylic oxidation sites excluding steroid dienone is 1. The van der Waals surface area contributed by atoms with Gasteiger partial charge in [-0.15, -0.1) is 0 Å². The van der Waals surface area contributed by atoms with E-state index in [4.69, 9.17) is 4.74 Å². The molecule has 112 valence electrons. The fourth-order valence-corrected chi connectivity index (χ4v) is 3.91. The minimum absolute atomic E-state index is 0.0432. The molecule has 22 heavy (non-hydrogen) atoms. The molecule has 0 saturated heterocycles. The van der Waals surface area contributed by atoms with Gasteiger partial charge in [0.05, 0.1) is 15.1 Å². The van der Waals surface area contributed by atoms with Crippen LogP contribution >= 0.6 is 34.4 Å². The number of halogens is 1. The van der Waals surface area contributed by atoms with Gasteiger partial charge in [0.25, 0.3) is 0 Å². The highest BCUT2D eigenvalue weighted by molar-refractivity contribution is 14.1. The van der Waals surface area contributed by atoms with Gasteiger partial charge in [-0.25, -0.2) is 0 Å². The topological polar surface area (TPSA) is 46.5 Å². The summed E-state index contributed by atoms with van der Waals surface area (Å²) in [6.07, 6.45) is 1.84. The van der Waals surface area contributed by atoms with Gasteiger partial charge in [0.1, 0.15) is 0 Å². The zero-order valence-corrected chi connectivity index (χ0v) is 14.8. The second-order valence-corrected chi connectivity index (χ2v) is 6.96. The van der Waals surface area contributed by atoms with Crippen LogP contribution in [0.1, 0.15) is 22.8 Å². The number of Topliss-reactive ketones (excluding diaryl/α,β-unsaturated/α-hetero) is 1. The van der Waals surface area contributed by atoms with Gasteiger partial charge in [0.2, 0.25) is 5.78 Å². The van der Waals surface area contributed by atoms with E-state index in [0.717, 1.165) is 16.0 Å². The maximum atomic E-state index is 12.4. The van der Waals surface area contributed by atoms with Crippen LogP contribution in [0.2, 0.25) is 0 Å². The first-order valence-electron chi connectivity index (χ1n) is 6.78. The Bertz CT molecular complexity index is 783. The summed E-state index contributed by atoms with van der Waals surface area (Å²) in [5.74, 6) is 0.620. The molecule has 0 atom stereocenters. The first kappa shape index (κ1) is 15.4. The van der Waals surface area contributed by atoms with E-state index in [9.17, 15) is 9.90 Å².